The van der Waals surface area contributed by atoms with E-state index >= 15 is 0 Å². The minimum absolute atomic E-state index is 0.117. The molecule has 14 heteroatoms. The van der Waals surface area contributed by atoms with Crippen molar-refractivity contribution in [2.24, 2.45) is 0 Å². The average Bonchev–Trinajstić information content (AvgIpc) is 3.55. The molecular weight excluding hydrogens is 623 g/mol. The summed E-state index contributed by atoms with van der Waals surface area (Å²) in [6, 6.07) is 12.3. The molecule has 45 heavy (non-hydrogen) atoms. The number of alkyl halides is 3. The molecule has 230 valence electrons. The smallest absolute Gasteiger partial charge is 0.416 e. The number of methoxy groups -OCH3 is 1. The van der Waals surface area contributed by atoms with Gasteiger partial charge in [0.25, 0.3) is 11.8 Å². The number of anilines is 1. The molecule has 0 spiro atoms. The number of amides is 2. The zero-order valence-corrected chi connectivity index (χ0v) is 23.7. The van der Waals surface area contributed by atoms with Crippen LogP contribution in [-0.2, 0) is 18.4 Å². The maximum Gasteiger partial charge on any atom is 0.416 e. The van der Waals surface area contributed by atoms with Gasteiger partial charge >= 0.3 is 6.18 Å². The van der Waals surface area contributed by atoms with Gasteiger partial charge in [0.1, 0.15) is 28.7 Å². The van der Waals surface area contributed by atoms with Crippen LogP contribution in [0.25, 0.3) is 5.65 Å². The van der Waals surface area contributed by atoms with Gasteiger partial charge in [0.2, 0.25) is 0 Å². The topological polar surface area (TPSA) is 96.2 Å². The van der Waals surface area contributed by atoms with E-state index in [0.29, 0.717) is 23.4 Å². The summed E-state index contributed by atoms with van der Waals surface area (Å²) in [6.45, 7) is -0.247. The van der Waals surface area contributed by atoms with Crippen LogP contribution in [0.3, 0.4) is 0 Å². The van der Waals surface area contributed by atoms with Gasteiger partial charge in [0.15, 0.2) is 5.72 Å². The van der Waals surface area contributed by atoms with E-state index in [1.54, 1.807) is 24.3 Å². The largest absolute Gasteiger partial charge is 0.497 e. The summed E-state index contributed by atoms with van der Waals surface area (Å²) in [5.74, 6) is -3.55. The van der Waals surface area contributed by atoms with Gasteiger partial charge in [0.05, 0.1) is 23.9 Å². The number of hydrogen-bond donors (Lipinski definition) is 2. The van der Waals surface area contributed by atoms with Crippen LogP contribution in [0.2, 0.25) is 5.02 Å². The van der Waals surface area contributed by atoms with E-state index in [-0.39, 0.29) is 45.8 Å². The van der Waals surface area contributed by atoms with Crippen molar-refractivity contribution in [3.05, 3.63) is 129 Å². The maximum absolute atomic E-state index is 14.7. The van der Waals surface area contributed by atoms with E-state index in [4.69, 9.17) is 16.3 Å². The van der Waals surface area contributed by atoms with Gasteiger partial charge in [-0.05, 0) is 54.1 Å². The number of nitrogens with one attached hydrogen (secondary N) is 1. The molecule has 5 aromatic rings. The number of carbonyl (C=O) groups is 2. The number of ether oxygens (including phenoxy) is 1. The SMILES string of the molecule is COc1ccc(CN2C(=O)c3c(c(NC(=O)c4cc(F)cc(C(F)(F)F)c4)cc4nccn34)C2(O)c2cc(F)ccc2Cl)cc1. The second-order valence-electron chi connectivity index (χ2n) is 10.2. The lowest BCUT2D eigenvalue weighted by Crippen LogP contribution is -2.44. The quantitative estimate of drug-likeness (QED) is 0.209. The monoisotopic (exact) mass is 642 g/mol. The first-order valence-corrected chi connectivity index (χ1v) is 13.5. The molecule has 1 unspecified atom stereocenters. The molecule has 6 rings (SSSR count). The Morgan fingerprint density at radius 1 is 1.04 bits per heavy atom. The highest BCUT2D eigenvalue weighted by Gasteiger charge is 2.54. The zero-order chi connectivity index (χ0) is 32.3. The summed E-state index contributed by atoms with van der Waals surface area (Å²) in [5.41, 5.74) is -4.96. The van der Waals surface area contributed by atoms with Crippen molar-refractivity contribution in [2.75, 3.05) is 12.4 Å². The predicted molar refractivity (Wildman–Crippen MR) is 152 cm³/mol. The van der Waals surface area contributed by atoms with E-state index in [0.717, 1.165) is 17.0 Å². The Hall–Kier alpha value is -5.01. The van der Waals surface area contributed by atoms with Crippen molar-refractivity contribution in [1.82, 2.24) is 14.3 Å². The fraction of sp³-hybridized carbons (Fsp3) is 0.129. The van der Waals surface area contributed by atoms with Crippen LogP contribution in [0.4, 0.5) is 27.6 Å². The van der Waals surface area contributed by atoms with Gasteiger partial charge < -0.3 is 15.2 Å². The first kappa shape index (κ1) is 30.0. The molecule has 8 nitrogen and oxygen atoms in total. The number of nitrogens with zero attached hydrogens (tertiary/aromatic N) is 3. The van der Waals surface area contributed by atoms with Crippen molar-refractivity contribution in [2.45, 2.75) is 18.4 Å². The lowest BCUT2D eigenvalue weighted by molar-refractivity contribution is -0.137. The summed E-state index contributed by atoms with van der Waals surface area (Å²) in [5, 5.41) is 14.9. The highest BCUT2D eigenvalue weighted by atomic mass is 35.5. The average molecular weight is 643 g/mol. The molecule has 0 saturated carbocycles. The predicted octanol–water partition coefficient (Wildman–Crippen LogP) is 6.40. The highest BCUT2D eigenvalue weighted by Crippen LogP contribution is 2.49. The lowest BCUT2D eigenvalue weighted by atomic mass is 9.93. The number of hydrogen-bond acceptors (Lipinski definition) is 5. The Kier molecular flexibility index (Phi) is 7.25. The van der Waals surface area contributed by atoms with Crippen LogP contribution in [0, 0.1) is 11.6 Å². The molecule has 2 amide bonds. The Bertz CT molecular complexity index is 2000. The molecular formula is C31H20ClF5N4O4. The molecule has 0 aliphatic carbocycles. The molecule has 3 heterocycles. The highest BCUT2D eigenvalue weighted by molar-refractivity contribution is 6.31. The van der Waals surface area contributed by atoms with Crippen LogP contribution in [0.15, 0.2) is 79.1 Å². The first-order valence-electron chi connectivity index (χ1n) is 13.1. The summed E-state index contributed by atoms with van der Waals surface area (Å²) in [6.07, 6.45) is -2.18. The molecule has 0 fully saturated rings. The Balaban J connectivity index is 1.56. The van der Waals surface area contributed by atoms with Gasteiger partial charge in [-0.15, -0.1) is 0 Å². The minimum atomic E-state index is -4.95. The van der Waals surface area contributed by atoms with E-state index in [1.807, 2.05) is 0 Å². The minimum Gasteiger partial charge on any atom is -0.497 e. The van der Waals surface area contributed by atoms with Crippen molar-refractivity contribution in [3.8, 4) is 5.75 Å². The Labute approximate surface area is 256 Å². The van der Waals surface area contributed by atoms with E-state index in [9.17, 15) is 36.6 Å². The fourth-order valence-corrected chi connectivity index (χ4v) is 5.60. The summed E-state index contributed by atoms with van der Waals surface area (Å²) >= 11 is 6.48. The maximum atomic E-state index is 14.7. The number of benzene rings is 3. The normalized spacial score (nSPS) is 16.3. The summed E-state index contributed by atoms with van der Waals surface area (Å²) < 4.78 is 75.6. The molecule has 0 radical (unpaired) electrons. The van der Waals surface area contributed by atoms with Gasteiger partial charge in [0, 0.05) is 41.2 Å². The van der Waals surface area contributed by atoms with Crippen LogP contribution in [0.1, 0.15) is 43.1 Å². The molecule has 0 bridgehead atoms. The Morgan fingerprint density at radius 2 is 1.78 bits per heavy atom. The number of imidazole rings is 1. The third-order valence-corrected chi connectivity index (χ3v) is 7.75. The molecule has 3 aromatic carbocycles. The van der Waals surface area contributed by atoms with Gasteiger partial charge in [-0.1, -0.05) is 23.7 Å². The van der Waals surface area contributed by atoms with Gasteiger partial charge in [-0.3, -0.25) is 18.9 Å². The lowest BCUT2D eigenvalue weighted by Gasteiger charge is -2.36. The number of aromatic nitrogens is 2. The van der Waals surface area contributed by atoms with Crippen LogP contribution in [-0.4, -0.2) is 38.3 Å². The molecule has 2 N–H and O–H groups in total. The number of rotatable bonds is 6. The molecule has 1 aliphatic rings. The van der Waals surface area contributed by atoms with Crippen LogP contribution >= 0.6 is 11.6 Å². The third-order valence-electron chi connectivity index (χ3n) is 7.42. The molecule has 1 aliphatic heterocycles. The van der Waals surface area contributed by atoms with Gasteiger partial charge in [-0.25, -0.2) is 13.8 Å². The number of fused-ring (bicyclic) bond motifs is 3. The number of aliphatic hydroxyl groups is 1. The van der Waals surface area contributed by atoms with Crippen molar-refractivity contribution >= 4 is 34.7 Å². The second-order valence-corrected chi connectivity index (χ2v) is 10.6. The number of pyridine rings is 1. The van der Waals surface area contributed by atoms with Crippen molar-refractivity contribution in [3.63, 3.8) is 0 Å². The summed E-state index contributed by atoms with van der Waals surface area (Å²) in [7, 11) is 1.47. The van der Waals surface area contributed by atoms with Gasteiger partial charge in [-0.2, -0.15) is 13.2 Å². The number of halogens is 6. The van der Waals surface area contributed by atoms with Crippen LogP contribution in [0.5, 0.6) is 5.75 Å². The van der Waals surface area contributed by atoms with E-state index in [2.05, 4.69) is 10.3 Å². The first-order chi connectivity index (χ1) is 21.3. The Morgan fingerprint density at radius 3 is 2.47 bits per heavy atom. The van der Waals surface area contributed by atoms with Crippen LogP contribution < -0.4 is 10.1 Å². The van der Waals surface area contributed by atoms with Crippen molar-refractivity contribution in [1.29, 1.82) is 0 Å². The van der Waals surface area contributed by atoms with E-state index in [1.165, 1.54) is 36.0 Å². The second kappa shape index (κ2) is 10.9. The zero-order valence-electron chi connectivity index (χ0n) is 23.0. The fourth-order valence-electron chi connectivity index (χ4n) is 5.35. The number of carbonyl (C=O) groups excluding carboxylic acids is 2. The third kappa shape index (κ3) is 5.13. The summed E-state index contributed by atoms with van der Waals surface area (Å²) in [4.78, 5) is 32.7. The molecule has 1 atom stereocenters. The molecule has 2 aromatic heterocycles. The standard InChI is InChI=1S/C31H20ClF5N4O4/c1-45-21-5-2-16(3-6-21)15-41-29(43)27-26(30(41,44)22-13-19(33)4-7-23(22)32)24(14-25-38-8-9-40(25)27)39-28(42)17-10-18(31(35,36)37)12-20(34)11-17/h2-14,44H,15H2,1H3,(H,39,42). The van der Waals surface area contributed by atoms with Crippen molar-refractivity contribution < 1.29 is 41.4 Å². The molecule has 0 saturated heterocycles. The van der Waals surface area contributed by atoms with E-state index < -0.39 is 46.5 Å².